The fourth-order valence-corrected chi connectivity index (χ4v) is 8.05. The average Bonchev–Trinajstić information content (AvgIpc) is 3.64. The van der Waals surface area contributed by atoms with Gasteiger partial charge in [0.2, 0.25) is 0 Å². The first-order chi connectivity index (χ1) is 28.5. The number of aliphatic imine (C=N–C) groups is 2. The number of nitrogens with zero attached hydrogens (tertiary/aromatic N) is 3. The van der Waals surface area contributed by atoms with Crippen molar-refractivity contribution >= 4 is 39.4 Å². The maximum Gasteiger partial charge on any atom is 0.167 e. The van der Waals surface area contributed by atoms with Crippen molar-refractivity contribution in [1.29, 1.82) is 0 Å². The topological polar surface area (TPSA) is 64.9 Å². The van der Waals surface area contributed by atoms with Crippen molar-refractivity contribution < 1.29 is 4.74 Å². The largest absolute Gasteiger partial charge is 0.489 e. The fourth-order valence-electron chi connectivity index (χ4n) is 8.05. The van der Waals surface area contributed by atoms with E-state index in [0.717, 1.165) is 73.4 Å². The Morgan fingerprint density at radius 1 is 0.759 bits per heavy atom. The maximum atomic E-state index is 6.69. The van der Waals surface area contributed by atoms with E-state index in [1.54, 1.807) is 0 Å². The van der Waals surface area contributed by atoms with Crippen LogP contribution in [0, 0.1) is 5.92 Å². The van der Waals surface area contributed by atoms with Gasteiger partial charge >= 0.3 is 0 Å². The number of aromatic nitrogens is 1. The van der Waals surface area contributed by atoms with Gasteiger partial charge in [-0.1, -0.05) is 159 Å². The number of benzene rings is 6. The molecule has 6 aromatic carbocycles. The molecule has 0 bridgehead atoms. The molecular weight excluding hydrogens is 709 g/mol. The average molecular weight is 753 g/mol. The van der Waals surface area contributed by atoms with Gasteiger partial charge in [0.1, 0.15) is 18.2 Å². The van der Waals surface area contributed by atoms with E-state index in [0.29, 0.717) is 12.4 Å². The van der Waals surface area contributed by atoms with Gasteiger partial charge in [-0.05, 0) is 82.1 Å². The molecule has 1 aromatic heterocycles. The number of fused-ring (bicyclic) bond motifs is 4. The van der Waals surface area contributed by atoms with E-state index in [2.05, 4.69) is 121 Å². The Morgan fingerprint density at radius 2 is 1.50 bits per heavy atom. The molecule has 1 aliphatic carbocycles. The minimum absolute atomic E-state index is 0.285. The van der Waals surface area contributed by atoms with Crippen LogP contribution < -0.4 is 5.73 Å². The van der Waals surface area contributed by atoms with Crippen molar-refractivity contribution in [2.45, 2.75) is 19.5 Å². The van der Waals surface area contributed by atoms with E-state index in [1.165, 1.54) is 16.3 Å². The molecule has 1 aliphatic heterocycles. The maximum absolute atomic E-state index is 6.69. The summed E-state index contributed by atoms with van der Waals surface area (Å²) in [4.78, 5) is 9.95. The van der Waals surface area contributed by atoms with Crippen molar-refractivity contribution in [3.63, 3.8) is 0 Å². The second-order valence-corrected chi connectivity index (χ2v) is 14.8. The summed E-state index contributed by atoms with van der Waals surface area (Å²) < 4.78 is 8.86. The van der Waals surface area contributed by atoms with Crippen LogP contribution in [0.5, 0.6) is 0 Å². The highest BCUT2D eigenvalue weighted by Gasteiger charge is 2.26. The number of nitrogens with two attached hydrogens (primary N) is 1. The number of amidine groups is 1. The SMILES string of the molecule is C=C1/C=C\C=C/COC2=C(c3ccc4c5ccccc5n(-c5ccc(C=NC(N=C(N)c6cccc(-c7ccccc7)c6)c6ccccc6)cc5)c4c3)C(C)CC=C12. The molecule has 2 unspecified atom stereocenters. The van der Waals surface area contributed by atoms with Crippen LogP contribution in [0.3, 0.4) is 0 Å². The number of hydrogen-bond donors (Lipinski definition) is 1. The lowest BCUT2D eigenvalue weighted by atomic mass is 9.82. The van der Waals surface area contributed by atoms with Gasteiger partial charge in [0.05, 0.1) is 11.0 Å². The Balaban J connectivity index is 1.07. The molecule has 5 nitrogen and oxygen atoms in total. The van der Waals surface area contributed by atoms with E-state index in [1.807, 2.05) is 85.1 Å². The van der Waals surface area contributed by atoms with Gasteiger partial charge in [0.25, 0.3) is 0 Å². The van der Waals surface area contributed by atoms with E-state index >= 15 is 0 Å². The first-order valence-electron chi connectivity index (χ1n) is 19.8. The molecule has 5 heteroatoms. The van der Waals surface area contributed by atoms with Crippen LogP contribution in [0.4, 0.5) is 0 Å². The van der Waals surface area contributed by atoms with Gasteiger partial charge in [-0.25, -0.2) is 4.99 Å². The molecule has 0 spiro atoms. The lowest BCUT2D eigenvalue weighted by Gasteiger charge is -2.27. The van der Waals surface area contributed by atoms with Crippen LogP contribution in [0.15, 0.2) is 216 Å². The predicted molar refractivity (Wildman–Crippen MR) is 242 cm³/mol. The fraction of sp³-hybridized carbons (Fsp3) is 0.0943. The summed E-state index contributed by atoms with van der Waals surface area (Å²) in [6, 6.07) is 52.6. The Morgan fingerprint density at radius 3 is 2.33 bits per heavy atom. The summed E-state index contributed by atoms with van der Waals surface area (Å²) in [5.41, 5.74) is 19.5. The highest BCUT2D eigenvalue weighted by Crippen LogP contribution is 2.42. The molecule has 7 aromatic rings. The number of hydrogen-bond acceptors (Lipinski definition) is 3. The summed E-state index contributed by atoms with van der Waals surface area (Å²) in [6.07, 6.45) is 12.7. The van der Waals surface area contributed by atoms with Crippen LogP contribution in [0.25, 0.3) is 44.2 Å². The van der Waals surface area contributed by atoms with Gasteiger partial charge in [0, 0.05) is 39.4 Å². The summed E-state index contributed by atoms with van der Waals surface area (Å²) in [5.74, 6) is 1.64. The van der Waals surface area contributed by atoms with Gasteiger partial charge in [-0.2, -0.15) is 0 Å². The Kier molecular flexibility index (Phi) is 10.1. The van der Waals surface area contributed by atoms with Crippen molar-refractivity contribution in [3.8, 4) is 16.8 Å². The third kappa shape index (κ3) is 7.26. The minimum Gasteiger partial charge on any atom is -0.489 e. The Labute approximate surface area is 339 Å². The standard InChI is InChI=1S/C53H44N4O/c1-36-15-6-5-13-32-58-51-45(36)30-24-37(2)50(51)42-27-31-47-46-22-11-12-23-48(46)57(49(47)34-42)44-28-25-38(26-29-44)35-55-53(40-18-9-4-10-19-40)56-52(54)43-21-14-20-41(33-43)39-16-7-3-8-17-39/h3-23,25-31,33-35,37,53H,1,24,32H2,2H3,(H2,54,56)/b13-5-,15-6-,55-35?. The van der Waals surface area contributed by atoms with Gasteiger partial charge in [0.15, 0.2) is 6.17 Å². The van der Waals surface area contributed by atoms with E-state index in [4.69, 9.17) is 20.5 Å². The molecule has 2 N–H and O–H groups in total. The Hall–Kier alpha value is -7.24. The molecule has 0 saturated heterocycles. The zero-order valence-electron chi connectivity index (χ0n) is 32.5. The normalized spacial score (nSPS) is 17.6. The second kappa shape index (κ2) is 16.1. The summed E-state index contributed by atoms with van der Waals surface area (Å²) in [5, 5.41) is 2.42. The first-order valence-corrected chi connectivity index (χ1v) is 19.8. The zero-order valence-corrected chi connectivity index (χ0v) is 32.5. The molecule has 9 rings (SSSR count). The van der Waals surface area contributed by atoms with E-state index in [9.17, 15) is 0 Å². The predicted octanol–water partition coefficient (Wildman–Crippen LogP) is 12.3. The summed E-state index contributed by atoms with van der Waals surface area (Å²) in [6.45, 7) is 7.17. The van der Waals surface area contributed by atoms with Crippen LogP contribution in [0.2, 0.25) is 0 Å². The first kappa shape index (κ1) is 36.4. The number of ether oxygens (including phenoxy) is 1. The molecule has 2 atom stereocenters. The summed E-state index contributed by atoms with van der Waals surface area (Å²) >= 11 is 0. The minimum atomic E-state index is -0.514. The molecule has 0 amide bonds. The second-order valence-electron chi connectivity index (χ2n) is 14.8. The van der Waals surface area contributed by atoms with Crippen molar-refractivity contribution in [3.05, 3.63) is 228 Å². The number of allylic oxidation sites excluding steroid dienone is 6. The quantitative estimate of drug-likeness (QED) is 0.124. The highest BCUT2D eigenvalue weighted by atomic mass is 16.5. The third-order valence-corrected chi connectivity index (χ3v) is 11.0. The van der Waals surface area contributed by atoms with Crippen molar-refractivity contribution in [1.82, 2.24) is 4.57 Å². The molecular formula is C53H44N4O. The van der Waals surface area contributed by atoms with Crippen LogP contribution in [-0.4, -0.2) is 23.2 Å². The molecule has 282 valence electrons. The van der Waals surface area contributed by atoms with Gasteiger partial charge in [-0.3, -0.25) is 4.99 Å². The van der Waals surface area contributed by atoms with Crippen molar-refractivity contribution in [2.75, 3.05) is 6.61 Å². The molecule has 0 fully saturated rings. The van der Waals surface area contributed by atoms with Crippen LogP contribution in [-0.2, 0) is 4.74 Å². The van der Waals surface area contributed by atoms with Crippen LogP contribution in [0.1, 0.15) is 41.8 Å². The molecule has 58 heavy (non-hydrogen) atoms. The van der Waals surface area contributed by atoms with E-state index < -0.39 is 6.17 Å². The molecule has 2 aliphatic rings. The molecule has 0 saturated carbocycles. The smallest absolute Gasteiger partial charge is 0.167 e. The van der Waals surface area contributed by atoms with Crippen LogP contribution >= 0.6 is 0 Å². The third-order valence-electron chi connectivity index (χ3n) is 11.0. The molecule has 2 heterocycles. The lowest BCUT2D eigenvalue weighted by Crippen LogP contribution is -2.15. The van der Waals surface area contributed by atoms with Crippen molar-refractivity contribution in [2.24, 2.45) is 21.6 Å². The van der Waals surface area contributed by atoms with Gasteiger partial charge < -0.3 is 15.0 Å². The monoisotopic (exact) mass is 752 g/mol. The molecule has 0 radical (unpaired) electrons. The van der Waals surface area contributed by atoms with Gasteiger partial charge in [-0.15, -0.1) is 0 Å². The van der Waals surface area contributed by atoms with E-state index in [-0.39, 0.29) is 5.92 Å². The highest BCUT2D eigenvalue weighted by molar-refractivity contribution is 6.10. The number of para-hydroxylation sites is 1. The Bertz CT molecular complexity index is 2840. The zero-order chi connectivity index (χ0) is 39.4. The summed E-state index contributed by atoms with van der Waals surface area (Å²) in [7, 11) is 0. The number of rotatable bonds is 8. The lowest BCUT2D eigenvalue weighted by molar-refractivity contribution is 0.255.